The largest absolute Gasteiger partial charge is 0.393 e. The average molecular weight is 429 g/mol. The first-order valence-corrected chi connectivity index (χ1v) is 12.6. The minimum Gasteiger partial charge on any atom is -0.393 e. The molecule has 0 fully saturated rings. The summed E-state index contributed by atoms with van der Waals surface area (Å²) in [5, 5.41) is 9.33. The van der Waals surface area contributed by atoms with Crippen LogP contribution in [-0.4, -0.2) is 36.1 Å². The second-order valence-corrected chi connectivity index (χ2v) is 12.3. The van der Waals surface area contributed by atoms with E-state index in [1.54, 1.807) is 0 Å². The Morgan fingerprint density at radius 2 is 1.07 bits per heavy atom. The van der Waals surface area contributed by atoms with E-state index in [-0.39, 0.29) is 12.2 Å². The van der Waals surface area contributed by atoms with Gasteiger partial charge in [0.15, 0.2) is 0 Å². The molecular weight excluding hydrogens is 372 g/mol. The Bertz CT molecular complexity index is 424. The van der Waals surface area contributed by atoms with Crippen LogP contribution < -0.4 is 0 Å². The van der Waals surface area contributed by atoms with Gasteiger partial charge in [-0.05, 0) is 70.6 Å². The van der Waals surface area contributed by atoms with Gasteiger partial charge in [0.25, 0.3) is 0 Å². The van der Waals surface area contributed by atoms with E-state index in [9.17, 15) is 5.11 Å². The molecule has 3 nitrogen and oxygen atoms in total. The van der Waals surface area contributed by atoms with Crippen molar-refractivity contribution in [3.63, 3.8) is 0 Å². The molecule has 1 N–H and O–H groups in total. The summed E-state index contributed by atoms with van der Waals surface area (Å²) in [6, 6.07) is 0. The van der Waals surface area contributed by atoms with E-state index in [2.05, 4.69) is 48.5 Å². The summed E-state index contributed by atoms with van der Waals surface area (Å²) >= 11 is 0. The summed E-state index contributed by atoms with van der Waals surface area (Å²) in [6.45, 7) is 21.2. The Hall–Kier alpha value is -0.120. The lowest BCUT2D eigenvalue weighted by Crippen LogP contribution is -2.38. The number of aliphatic hydroxyl groups is 1. The fourth-order valence-corrected chi connectivity index (χ4v) is 3.67. The van der Waals surface area contributed by atoms with Gasteiger partial charge in [-0.25, -0.2) is 0 Å². The zero-order valence-electron chi connectivity index (χ0n) is 22.2. The monoisotopic (exact) mass is 428 g/mol. The van der Waals surface area contributed by atoms with E-state index in [4.69, 9.17) is 9.47 Å². The number of hydrogen-bond acceptors (Lipinski definition) is 3. The number of rotatable bonds is 19. The van der Waals surface area contributed by atoms with Gasteiger partial charge in [0.2, 0.25) is 0 Å². The number of ether oxygens (including phenoxy) is 2. The van der Waals surface area contributed by atoms with Crippen molar-refractivity contribution in [3.8, 4) is 0 Å². The third kappa shape index (κ3) is 16.6. The zero-order valence-corrected chi connectivity index (χ0v) is 22.2. The smallest absolute Gasteiger partial charge is 0.0859 e. The summed E-state index contributed by atoms with van der Waals surface area (Å²) in [7, 11) is 0. The molecule has 0 spiro atoms. The standard InChI is InChI=1S/C27H56O3/c1-10-11-12-13-14-15-17-24(2,3)19-20-25(4,5)18-16-21-29-27(8,9)23-30-26(6,7)22-28/h28H,10-23H2,1-9H3. The minimum absolute atomic E-state index is 0.0203. The Labute approximate surface area is 189 Å². The first-order chi connectivity index (χ1) is 13.7. The molecule has 0 aliphatic rings. The molecule has 0 atom stereocenters. The van der Waals surface area contributed by atoms with Crippen LogP contribution in [0.15, 0.2) is 0 Å². The average Bonchev–Trinajstić information content (AvgIpc) is 2.65. The molecule has 0 rings (SSSR count). The maximum Gasteiger partial charge on any atom is 0.0859 e. The van der Waals surface area contributed by atoms with Gasteiger partial charge in [0, 0.05) is 6.61 Å². The van der Waals surface area contributed by atoms with E-state index in [0.717, 1.165) is 13.0 Å². The molecule has 0 aliphatic heterocycles. The molecule has 0 aromatic heterocycles. The molecule has 3 heteroatoms. The summed E-state index contributed by atoms with van der Waals surface area (Å²) < 4.78 is 11.9. The summed E-state index contributed by atoms with van der Waals surface area (Å²) in [5.41, 5.74) is -0.0146. The van der Waals surface area contributed by atoms with Gasteiger partial charge in [-0.1, -0.05) is 73.1 Å². The van der Waals surface area contributed by atoms with Gasteiger partial charge in [-0.2, -0.15) is 0 Å². The van der Waals surface area contributed by atoms with Crippen molar-refractivity contribution in [3.05, 3.63) is 0 Å². The van der Waals surface area contributed by atoms with E-state index in [0.29, 0.717) is 17.4 Å². The second-order valence-electron chi connectivity index (χ2n) is 12.3. The van der Waals surface area contributed by atoms with E-state index >= 15 is 0 Å². The SMILES string of the molecule is CCCCCCCCC(C)(C)CCC(C)(C)CCCOC(C)(C)COC(C)(C)CO. The predicted octanol–water partition coefficient (Wildman–Crippen LogP) is 7.93. The van der Waals surface area contributed by atoms with Gasteiger partial charge in [-0.15, -0.1) is 0 Å². The predicted molar refractivity (Wildman–Crippen MR) is 131 cm³/mol. The van der Waals surface area contributed by atoms with Crippen molar-refractivity contribution < 1.29 is 14.6 Å². The first-order valence-electron chi connectivity index (χ1n) is 12.6. The summed E-state index contributed by atoms with van der Waals surface area (Å²) in [5.74, 6) is 0. The van der Waals surface area contributed by atoms with E-state index in [1.807, 2.05) is 13.8 Å². The molecular formula is C27H56O3. The van der Waals surface area contributed by atoms with Crippen LogP contribution in [0.4, 0.5) is 0 Å². The molecule has 0 amide bonds. The third-order valence-electron chi connectivity index (χ3n) is 6.37. The second kappa shape index (κ2) is 14.1. The van der Waals surface area contributed by atoms with Gasteiger partial charge in [-0.3, -0.25) is 0 Å². The lowest BCUT2D eigenvalue weighted by molar-refractivity contribution is -0.133. The molecule has 0 heterocycles. The number of unbranched alkanes of at least 4 members (excludes halogenated alkanes) is 5. The highest BCUT2D eigenvalue weighted by atomic mass is 16.6. The molecule has 0 aromatic rings. The van der Waals surface area contributed by atoms with E-state index < -0.39 is 5.60 Å². The maximum absolute atomic E-state index is 9.33. The highest BCUT2D eigenvalue weighted by Crippen LogP contribution is 2.37. The van der Waals surface area contributed by atoms with Gasteiger partial charge in [0.1, 0.15) is 0 Å². The molecule has 0 bridgehead atoms. The fourth-order valence-electron chi connectivity index (χ4n) is 3.67. The Kier molecular flexibility index (Phi) is 14.1. The number of aliphatic hydroxyl groups excluding tert-OH is 1. The Morgan fingerprint density at radius 1 is 0.567 bits per heavy atom. The van der Waals surface area contributed by atoms with Crippen molar-refractivity contribution in [2.24, 2.45) is 10.8 Å². The lowest BCUT2D eigenvalue weighted by atomic mass is 9.75. The van der Waals surface area contributed by atoms with Gasteiger partial charge >= 0.3 is 0 Å². The number of hydrogen-bond donors (Lipinski definition) is 1. The van der Waals surface area contributed by atoms with Crippen LogP contribution in [0.25, 0.3) is 0 Å². The van der Waals surface area contributed by atoms with Crippen LogP contribution in [-0.2, 0) is 9.47 Å². The van der Waals surface area contributed by atoms with Crippen molar-refractivity contribution in [1.82, 2.24) is 0 Å². The zero-order chi connectivity index (χ0) is 23.3. The normalized spacial score (nSPS) is 13.8. The van der Waals surface area contributed by atoms with Crippen LogP contribution in [0.2, 0.25) is 0 Å². The Morgan fingerprint density at radius 3 is 1.60 bits per heavy atom. The van der Waals surface area contributed by atoms with Gasteiger partial charge in [0.05, 0.1) is 24.4 Å². The van der Waals surface area contributed by atoms with Crippen LogP contribution >= 0.6 is 0 Å². The molecule has 0 aliphatic carbocycles. The van der Waals surface area contributed by atoms with Crippen molar-refractivity contribution >= 4 is 0 Å². The van der Waals surface area contributed by atoms with Crippen LogP contribution in [0.3, 0.4) is 0 Å². The summed E-state index contributed by atoms with van der Waals surface area (Å²) in [6.07, 6.45) is 14.6. The molecule has 0 aromatic carbocycles. The topological polar surface area (TPSA) is 38.7 Å². The van der Waals surface area contributed by atoms with Crippen molar-refractivity contribution in [2.45, 2.75) is 144 Å². The summed E-state index contributed by atoms with van der Waals surface area (Å²) in [4.78, 5) is 0. The first kappa shape index (κ1) is 29.9. The Balaban J connectivity index is 4.08. The quantitative estimate of drug-likeness (QED) is 0.212. The fraction of sp³-hybridized carbons (Fsp3) is 1.00. The molecule has 182 valence electrons. The van der Waals surface area contributed by atoms with Crippen LogP contribution in [0.1, 0.15) is 133 Å². The highest BCUT2D eigenvalue weighted by molar-refractivity contribution is 4.77. The van der Waals surface area contributed by atoms with Crippen LogP contribution in [0.5, 0.6) is 0 Å². The lowest BCUT2D eigenvalue weighted by Gasteiger charge is -2.33. The minimum atomic E-state index is -0.509. The highest BCUT2D eigenvalue weighted by Gasteiger charge is 2.26. The third-order valence-corrected chi connectivity index (χ3v) is 6.37. The molecule has 0 saturated heterocycles. The molecule has 0 saturated carbocycles. The van der Waals surface area contributed by atoms with Crippen molar-refractivity contribution in [1.29, 1.82) is 0 Å². The van der Waals surface area contributed by atoms with E-state index in [1.165, 1.54) is 64.2 Å². The van der Waals surface area contributed by atoms with Crippen molar-refractivity contribution in [2.75, 3.05) is 19.8 Å². The van der Waals surface area contributed by atoms with Crippen LogP contribution in [0, 0.1) is 10.8 Å². The maximum atomic E-state index is 9.33. The molecule has 0 radical (unpaired) electrons. The molecule has 30 heavy (non-hydrogen) atoms. The molecule has 0 unspecified atom stereocenters. The van der Waals surface area contributed by atoms with Gasteiger partial charge < -0.3 is 14.6 Å².